The van der Waals surface area contributed by atoms with Crippen molar-refractivity contribution in [2.24, 2.45) is 0 Å². The molecule has 0 spiro atoms. The number of amides is 1. The molecule has 5 nitrogen and oxygen atoms in total. The van der Waals surface area contributed by atoms with Crippen molar-refractivity contribution >= 4 is 27.5 Å². The van der Waals surface area contributed by atoms with Crippen molar-refractivity contribution < 1.29 is 9.18 Å². The van der Waals surface area contributed by atoms with E-state index in [1.807, 2.05) is 0 Å². The molecule has 2 aromatic rings. The lowest BCUT2D eigenvalue weighted by Crippen LogP contribution is -2.16. The first-order chi connectivity index (χ1) is 8.56. The number of nitrogens with zero attached hydrogens (tertiary/aromatic N) is 1. The first-order valence-corrected chi connectivity index (χ1v) is 5.67. The smallest absolute Gasteiger partial charge is 0.275 e. The van der Waals surface area contributed by atoms with Crippen LogP contribution in [0.5, 0.6) is 0 Å². The lowest BCUT2D eigenvalue weighted by atomic mass is 10.3. The zero-order valence-electron chi connectivity index (χ0n) is 8.91. The number of carbonyl (C=O) groups is 1. The Bertz CT molecular complexity index is 636. The van der Waals surface area contributed by atoms with E-state index in [9.17, 15) is 14.0 Å². The maximum absolute atomic E-state index is 13.0. The number of hydrogen-bond acceptors (Lipinski definition) is 3. The largest absolute Gasteiger partial charge is 0.325 e. The van der Waals surface area contributed by atoms with Crippen LogP contribution in [-0.2, 0) is 0 Å². The molecule has 0 aliphatic rings. The Balaban J connectivity index is 2.18. The van der Waals surface area contributed by atoms with Crippen LogP contribution in [0.3, 0.4) is 0 Å². The molecule has 0 saturated heterocycles. The average Bonchev–Trinajstić information content (AvgIpc) is 2.34. The third kappa shape index (κ3) is 2.80. The topological polar surface area (TPSA) is 74.8 Å². The van der Waals surface area contributed by atoms with Crippen molar-refractivity contribution in [1.82, 2.24) is 9.97 Å². The predicted molar refractivity (Wildman–Crippen MR) is 66.9 cm³/mol. The Morgan fingerprint density at radius 2 is 2.22 bits per heavy atom. The lowest BCUT2D eigenvalue weighted by Gasteiger charge is -2.05. The van der Waals surface area contributed by atoms with E-state index in [0.717, 1.165) is 6.20 Å². The van der Waals surface area contributed by atoms with Crippen molar-refractivity contribution in [3.63, 3.8) is 0 Å². The Labute approximate surface area is 109 Å². The van der Waals surface area contributed by atoms with Gasteiger partial charge in [-0.05, 0) is 34.1 Å². The number of hydrogen-bond donors (Lipinski definition) is 2. The van der Waals surface area contributed by atoms with Gasteiger partial charge in [-0.3, -0.25) is 9.59 Å². The maximum atomic E-state index is 13.0. The summed E-state index contributed by atoms with van der Waals surface area (Å²) >= 11 is 3.01. The Kier molecular flexibility index (Phi) is 3.52. The summed E-state index contributed by atoms with van der Waals surface area (Å²) < 4.78 is 13.2. The number of benzene rings is 1. The molecular formula is C11H7BrFN3O2. The van der Waals surface area contributed by atoms with Gasteiger partial charge in [0.25, 0.3) is 11.5 Å². The lowest BCUT2D eigenvalue weighted by molar-refractivity contribution is 0.102. The molecule has 1 aromatic carbocycles. The van der Waals surface area contributed by atoms with Crippen molar-refractivity contribution in [2.45, 2.75) is 0 Å². The van der Waals surface area contributed by atoms with Crippen molar-refractivity contribution in [3.05, 3.63) is 56.9 Å². The molecule has 0 unspecified atom stereocenters. The number of aromatic nitrogens is 2. The van der Waals surface area contributed by atoms with Gasteiger partial charge in [0.05, 0.1) is 10.7 Å². The van der Waals surface area contributed by atoms with Gasteiger partial charge in [0, 0.05) is 11.9 Å². The van der Waals surface area contributed by atoms with Gasteiger partial charge < -0.3 is 10.3 Å². The van der Waals surface area contributed by atoms with Gasteiger partial charge in [-0.2, -0.15) is 0 Å². The second-order valence-corrected chi connectivity index (χ2v) is 4.23. The highest BCUT2D eigenvalue weighted by atomic mass is 79.9. The highest BCUT2D eigenvalue weighted by molar-refractivity contribution is 9.10. The fraction of sp³-hybridized carbons (Fsp3) is 0. The van der Waals surface area contributed by atoms with Crippen LogP contribution in [0.1, 0.15) is 10.5 Å². The number of rotatable bonds is 2. The molecule has 0 radical (unpaired) electrons. The molecule has 0 bridgehead atoms. The van der Waals surface area contributed by atoms with Gasteiger partial charge in [-0.1, -0.05) is 0 Å². The molecule has 7 heteroatoms. The number of halogens is 2. The molecule has 2 rings (SSSR count). The standard InChI is InChI=1S/C11H7BrFN3O2/c12-7-3-6(1-2-8(7)13)16-11(18)9-4-15-10(17)5-14-9/h1-5H,(H,15,17)(H,16,18). The van der Waals surface area contributed by atoms with Crippen LogP contribution in [0.15, 0.2) is 39.9 Å². The summed E-state index contributed by atoms with van der Waals surface area (Å²) in [5.41, 5.74) is 0.0902. The van der Waals surface area contributed by atoms with Crippen LogP contribution < -0.4 is 10.9 Å². The number of anilines is 1. The third-order valence-corrected chi connectivity index (χ3v) is 2.69. The highest BCUT2D eigenvalue weighted by Crippen LogP contribution is 2.20. The van der Waals surface area contributed by atoms with Crippen molar-refractivity contribution in [2.75, 3.05) is 5.32 Å². The molecule has 0 atom stereocenters. The number of aromatic amines is 1. The zero-order valence-corrected chi connectivity index (χ0v) is 10.5. The monoisotopic (exact) mass is 311 g/mol. The Morgan fingerprint density at radius 1 is 1.44 bits per heavy atom. The number of H-pyrrole nitrogens is 1. The molecule has 1 amide bonds. The normalized spacial score (nSPS) is 10.1. The minimum atomic E-state index is -0.496. The summed E-state index contributed by atoms with van der Waals surface area (Å²) in [7, 11) is 0. The minimum Gasteiger partial charge on any atom is -0.325 e. The molecule has 0 aliphatic carbocycles. The quantitative estimate of drug-likeness (QED) is 0.890. The van der Waals surface area contributed by atoms with Crippen LogP contribution in [0, 0.1) is 5.82 Å². The Hall–Kier alpha value is -2.02. The number of nitrogens with one attached hydrogen (secondary N) is 2. The second kappa shape index (κ2) is 5.09. The van der Waals surface area contributed by atoms with Gasteiger partial charge in [0.15, 0.2) is 0 Å². The molecule has 2 N–H and O–H groups in total. The van der Waals surface area contributed by atoms with E-state index in [-0.39, 0.29) is 10.2 Å². The third-order valence-electron chi connectivity index (χ3n) is 2.08. The molecule has 18 heavy (non-hydrogen) atoms. The van der Waals surface area contributed by atoms with Crippen LogP contribution >= 0.6 is 15.9 Å². The van der Waals surface area contributed by atoms with Crippen LogP contribution in [0.4, 0.5) is 10.1 Å². The molecular weight excluding hydrogens is 305 g/mol. The molecule has 0 aliphatic heterocycles. The van der Waals surface area contributed by atoms with E-state index < -0.39 is 17.3 Å². The van der Waals surface area contributed by atoms with E-state index in [4.69, 9.17) is 0 Å². The predicted octanol–water partition coefficient (Wildman–Crippen LogP) is 1.92. The van der Waals surface area contributed by atoms with E-state index in [1.165, 1.54) is 24.4 Å². The zero-order chi connectivity index (χ0) is 13.1. The van der Waals surface area contributed by atoms with Crippen LogP contribution in [0.25, 0.3) is 0 Å². The SMILES string of the molecule is O=C(Nc1ccc(F)c(Br)c1)c1c[nH]c(=O)cn1. The van der Waals surface area contributed by atoms with Gasteiger partial charge >= 0.3 is 0 Å². The fourth-order valence-corrected chi connectivity index (χ4v) is 1.61. The summed E-state index contributed by atoms with van der Waals surface area (Å²) in [5, 5.41) is 2.53. The minimum absolute atomic E-state index is 0.0649. The fourth-order valence-electron chi connectivity index (χ4n) is 1.24. The van der Waals surface area contributed by atoms with E-state index in [2.05, 4.69) is 31.2 Å². The average molecular weight is 312 g/mol. The summed E-state index contributed by atoms with van der Waals surface area (Å²) in [6.07, 6.45) is 2.21. The first kappa shape index (κ1) is 12.4. The van der Waals surface area contributed by atoms with E-state index in [1.54, 1.807) is 0 Å². The van der Waals surface area contributed by atoms with E-state index in [0.29, 0.717) is 5.69 Å². The molecule has 92 valence electrons. The van der Waals surface area contributed by atoms with Crippen molar-refractivity contribution in [3.8, 4) is 0 Å². The van der Waals surface area contributed by atoms with Crippen LogP contribution in [0.2, 0.25) is 0 Å². The van der Waals surface area contributed by atoms with Gasteiger partial charge in [0.2, 0.25) is 0 Å². The second-order valence-electron chi connectivity index (χ2n) is 3.38. The first-order valence-electron chi connectivity index (χ1n) is 4.87. The summed E-state index contributed by atoms with van der Waals surface area (Å²) in [4.78, 5) is 28.5. The maximum Gasteiger partial charge on any atom is 0.275 e. The highest BCUT2D eigenvalue weighted by Gasteiger charge is 2.08. The van der Waals surface area contributed by atoms with Gasteiger partial charge in [-0.25, -0.2) is 9.37 Å². The number of carbonyl (C=O) groups excluding carboxylic acids is 1. The summed E-state index contributed by atoms with van der Waals surface area (Å²) in [5.74, 6) is -0.917. The van der Waals surface area contributed by atoms with Gasteiger partial charge in [0.1, 0.15) is 11.5 Å². The van der Waals surface area contributed by atoms with E-state index >= 15 is 0 Å². The molecule has 1 aromatic heterocycles. The van der Waals surface area contributed by atoms with Crippen molar-refractivity contribution in [1.29, 1.82) is 0 Å². The molecule has 0 saturated carbocycles. The molecule has 1 heterocycles. The Morgan fingerprint density at radius 3 is 2.83 bits per heavy atom. The van der Waals surface area contributed by atoms with Gasteiger partial charge in [-0.15, -0.1) is 0 Å². The molecule has 0 fully saturated rings. The summed E-state index contributed by atoms with van der Waals surface area (Å²) in [6.45, 7) is 0. The summed E-state index contributed by atoms with van der Waals surface area (Å²) in [6, 6.07) is 4.07. The van der Waals surface area contributed by atoms with Crippen LogP contribution in [-0.4, -0.2) is 15.9 Å².